The first-order valence-corrected chi connectivity index (χ1v) is 5.73. The number of nitrogens with zero attached hydrogens (tertiary/aromatic N) is 1. The van der Waals surface area contributed by atoms with E-state index in [4.69, 9.17) is 5.73 Å². The maximum Gasteiger partial charge on any atom is 0.254 e. The predicted molar refractivity (Wildman–Crippen MR) is 68.2 cm³/mol. The number of halogens is 1. The van der Waals surface area contributed by atoms with Gasteiger partial charge in [0, 0.05) is 11.7 Å². The number of hydrogen-bond donors (Lipinski definition) is 3. The maximum absolute atomic E-state index is 11.9. The number of aromatic amines is 1. The molecule has 1 saturated carbocycles. The van der Waals surface area contributed by atoms with Crippen molar-refractivity contribution < 1.29 is 4.79 Å². The van der Waals surface area contributed by atoms with Crippen LogP contribution in [0.2, 0.25) is 0 Å². The molecule has 4 N–H and O–H groups in total. The molecule has 0 bridgehead atoms. The zero-order chi connectivity index (χ0) is 11.5. The van der Waals surface area contributed by atoms with E-state index in [2.05, 4.69) is 15.5 Å². The number of hydrogen-bond acceptors (Lipinski definition) is 3. The van der Waals surface area contributed by atoms with E-state index in [1.807, 2.05) is 6.92 Å². The first kappa shape index (κ1) is 14.0. The third-order valence-corrected chi connectivity index (χ3v) is 3.35. The maximum atomic E-state index is 11.9. The molecule has 1 aromatic heterocycles. The number of rotatable bonds is 3. The Bertz CT molecular complexity index is 379. The Hall–Kier alpha value is -1.07. The van der Waals surface area contributed by atoms with Crippen molar-refractivity contribution in [1.82, 2.24) is 15.5 Å². The van der Waals surface area contributed by atoms with Crippen LogP contribution in [0.5, 0.6) is 0 Å². The van der Waals surface area contributed by atoms with Gasteiger partial charge in [-0.15, -0.1) is 12.4 Å². The molecule has 1 aromatic rings. The van der Waals surface area contributed by atoms with Crippen LogP contribution in [0, 0.1) is 12.8 Å². The molecule has 0 radical (unpaired) electrons. The first-order valence-electron chi connectivity index (χ1n) is 5.73. The van der Waals surface area contributed by atoms with Crippen LogP contribution in [-0.4, -0.2) is 28.7 Å². The van der Waals surface area contributed by atoms with Crippen LogP contribution in [0.1, 0.15) is 35.3 Å². The van der Waals surface area contributed by atoms with E-state index in [0.717, 1.165) is 25.0 Å². The summed E-state index contributed by atoms with van der Waals surface area (Å²) in [4.78, 5) is 11.9. The zero-order valence-electron chi connectivity index (χ0n) is 9.90. The smallest absolute Gasteiger partial charge is 0.254 e. The van der Waals surface area contributed by atoms with Crippen molar-refractivity contribution in [3.8, 4) is 0 Å². The Labute approximate surface area is 107 Å². The molecule has 96 valence electrons. The third kappa shape index (κ3) is 2.98. The minimum Gasteiger partial charge on any atom is -0.349 e. The molecule has 6 heteroatoms. The Morgan fingerprint density at radius 3 is 3.00 bits per heavy atom. The van der Waals surface area contributed by atoms with Gasteiger partial charge in [0.2, 0.25) is 0 Å². The molecule has 0 saturated heterocycles. The van der Waals surface area contributed by atoms with Crippen molar-refractivity contribution in [2.24, 2.45) is 11.7 Å². The van der Waals surface area contributed by atoms with Crippen molar-refractivity contribution in [3.05, 3.63) is 17.5 Å². The van der Waals surface area contributed by atoms with E-state index >= 15 is 0 Å². The Kier molecular flexibility index (Phi) is 4.96. The number of aromatic nitrogens is 2. The second-order valence-corrected chi connectivity index (χ2v) is 4.42. The molecule has 2 atom stereocenters. The molecule has 1 aliphatic rings. The highest BCUT2D eigenvalue weighted by Crippen LogP contribution is 2.24. The summed E-state index contributed by atoms with van der Waals surface area (Å²) in [5.41, 5.74) is 7.11. The number of H-pyrrole nitrogens is 1. The minimum absolute atomic E-state index is 0. The molecule has 1 aliphatic carbocycles. The summed E-state index contributed by atoms with van der Waals surface area (Å²) in [6.45, 7) is 2.49. The standard InChI is InChI=1S/C11H18N4O.ClH/c1-7-9(6-13-15-7)11(16)14-10-4-2-3-8(10)5-12;/h6,8,10H,2-5,12H2,1H3,(H,13,15)(H,14,16);1H. The summed E-state index contributed by atoms with van der Waals surface area (Å²) in [6, 6.07) is 0.229. The van der Waals surface area contributed by atoms with Crippen molar-refractivity contribution >= 4 is 18.3 Å². The molecule has 1 fully saturated rings. The average molecular weight is 259 g/mol. The molecule has 0 aliphatic heterocycles. The quantitative estimate of drug-likeness (QED) is 0.756. The fourth-order valence-electron chi connectivity index (χ4n) is 2.33. The number of nitrogens with one attached hydrogen (secondary N) is 2. The minimum atomic E-state index is -0.0448. The fraction of sp³-hybridized carbons (Fsp3) is 0.636. The lowest BCUT2D eigenvalue weighted by atomic mass is 10.0. The van der Waals surface area contributed by atoms with Gasteiger partial charge in [0.05, 0.1) is 11.8 Å². The third-order valence-electron chi connectivity index (χ3n) is 3.35. The molecule has 1 heterocycles. The van der Waals surface area contributed by atoms with Gasteiger partial charge in [0.15, 0.2) is 0 Å². The van der Waals surface area contributed by atoms with Gasteiger partial charge >= 0.3 is 0 Å². The van der Waals surface area contributed by atoms with E-state index in [-0.39, 0.29) is 24.4 Å². The number of carbonyl (C=O) groups excluding carboxylic acids is 1. The van der Waals surface area contributed by atoms with Gasteiger partial charge in [-0.1, -0.05) is 6.42 Å². The molecule has 17 heavy (non-hydrogen) atoms. The molecule has 2 rings (SSSR count). The van der Waals surface area contributed by atoms with Crippen LogP contribution in [0.3, 0.4) is 0 Å². The van der Waals surface area contributed by atoms with Crippen LogP contribution in [0.25, 0.3) is 0 Å². The number of aryl methyl sites for hydroxylation is 1. The summed E-state index contributed by atoms with van der Waals surface area (Å²) in [6.07, 6.45) is 4.87. The SMILES string of the molecule is Cc1[nH]ncc1C(=O)NC1CCCC1CN.Cl. The fourth-order valence-corrected chi connectivity index (χ4v) is 2.33. The lowest BCUT2D eigenvalue weighted by Crippen LogP contribution is -2.39. The van der Waals surface area contributed by atoms with Crippen LogP contribution in [0.15, 0.2) is 6.20 Å². The van der Waals surface area contributed by atoms with Crippen molar-refractivity contribution in [3.63, 3.8) is 0 Å². The van der Waals surface area contributed by atoms with E-state index in [9.17, 15) is 4.79 Å². The van der Waals surface area contributed by atoms with E-state index in [1.54, 1.807) is 6.20 Å². The number of carbonyl (C=O) groups is 1. The molecule has 5 nitrogen and oxygen atoms in total. The average Bonchev–Trinajstić information content (AvgIpc) is 2.86. The van der Waals surface area contributed by atoms with Crippen LogP contribution in [-0.2, 0) is 0 Å². The zero-order valence-corrected chi connectivity index (χ0v) is 10.7. The highest BCUT2D eigenvalue weighted by molar-refractivity contribution is 5.95. The van der Waals surface area contributed by atoms with Gasteiger partial charge in [-0.3, -0.25) is 9.89 Å². The summed E-state index contributed by atoms with van der Waals surface area (Å²) in [5.74, 6) is 0.382. The van der Waals surface area contributed by atoms with Gasteiger partial charge in [-0.2, -0.15) is 5.10 Å². The van der Waals surface area contributed by atoms with E-state index < -0.39 is 0 Å². The summed E-state index contributed by atoms with van der Waals surface area (Å²) >= 11 is 0. The molecule has 1 amide bonds. The van der Waals surface area contributed by atoms with E-state index in [1.165, 1.54) is 0 Å². The number of amides is 1. The molecule has 2 unspecified atom stereocenters. The van der Waals surface area contributed by atoms with Crippen LogP contribution < -0.4 is 11.1 Å². The van der Waals surface area contributed by atoms with Crippen molar-refractivity contribution in [2.75, 3.05) is 6.54 Å². The van der Waals surface area contributed by atoms with Crippen molar-refractivity contribution in [1.29, 1.82) is 0 Å². The van der Waals surface area contributed by atoms with Gasteiger partial charge in [0.1, 0.15) is 0 Å². The molecular formula is C11H19ClN4O. The summed E-state index contributed by atoms with van der Waals surface area (Å²) < 4.78 is 0. The lowest BCUT2D eigenvalue weighted by molar-refractivity contribution is 0.0928. The van der Waals surface area contributed by atoms with Crippen LogP contribution >= 0.6 is 12.4 Å². The van der Waals surface area contributed by atoms with E-state index in [0.29, 0.717) is 18.0 Å². The molecule has 0 spiro atoms. The van der Waals surface area contributed by atoms with Gasteiger partial charge in [0.25, 0.3) is 5.91 Å². The Morgan fingerprint density at radius 2 is 2.41 bits per heavy atom. The molecular weight excluding hydrogens is 240 g/mol. The Morgan fingerprint density at radius 1 is 1.65 bits per heavy atom. The van der Waals surface area contributed by atoms with Gasteiger partial charge in [-0.05, 0) is 32.2 Å². The highest BCUT2D eigenvalue weighted by atomic mass is 35.5. The predicted octanol–water partition coefficient (Wildman–Crippen LogP) is 0.997. The number of nitrogens with two attached hydrogens (primary N) is 1. The van der Waals surface area contributed by atoms with Crippen LogP contribution in [0.4, 0.5) is 0 Å². The lowest BCUT2D eigenvalue weighted by Gasteiger charge is -2.19. The van der Waals surface area contributed by atoms with Crippen molar-refractivity contribution in [2.45, 2.75) is 32.2 Å². The Balaban J connectivity index is 0.00000144. The summed E-state index contributed by atoms with van der Waals surface area (Å²) in [7, 11) is 0. The monoisotopic (exact) mass is 258 g/mol. The normalized spacial score (nSPS) is 23.2. The van der Waals surface area contributed by atoms with Gasteiger partial charge < -0.3 is 11.1 Å². The second kappa shape index (κ2) is 6.02. The second-order valence-electron chi connectivity index (χ2n) is 4.42. The topological polar surface area (TPSA) is 83.8 Å². The largest absolute Gasteiger partial charge is 0.349 e. The molecule has 0 aromatic carbocycles. The highest BCUT2D eigenvalue weighted by Gasteiger charge is 2.28. The first-order chi connectivity index (χ1) is 7.72. The van der Waals surface area contributed by atoms with Gasteiger partial charge in [-0.25, -0.2) is 0 Å². The summed E-state index contributed by atoms with van der Waals surface area (Å²) in [5, 5.41) is 9.65.